The van der Waals surface area contributed by atoms with Gasteiger partial charge in [-0.25, -0.2) is 0 Å². The molecular formula is C36H30F6N12. The standard InChI is InChI=1S/6C6H5N2.6FH/c6*7-8-6-4-2-1-3-5-6;;;;;;/h6*1-5H;6*1H/q6*+1;;;;;;/p-6. The van der Waals surface area contributed by atoms with E-state index in [-0.39, 0.29) is 28.2 Å². The quantitative estimate of drug-likeness (QED) is 0.112. The van der Waals surface area contributed by atoms with Gasteiger partial charge in [-0.05, 0) is 0 Å². The summed E-state index contributed by atoms with van der Waals surface area (Å²) in [6.45, 7) is 0. The van der Waals surface area contributed by atoms with Crippen LogP contribution in [0.3, 0.4) is 0 Å². The summed E-state index contributed by atoms with van der Waals surface area (Å²) < 4.78 is 0. The zero-order valence-electron chi connectivity index (χ0n) is 28.0. The second kappa shape index (κ2) is 40.6. The van der Waals surface area contributed by atoms with Gasteiger partial charge in [0.15, 0.2) is 29.9 Å². The molecule has 18 heteroatoms. The Morgan fingerprint density at radius 3 is 0.333 bits per heavy atom. The first-order valence-electron chi connectivity index (χ1n) is 14.0. The van der Waals surface area contributed by atoms with Gasteiger partial charge in [0.1, 0.15) is 0 Å². The lowest BCUT2D eigenvalue weighted by molar-refractivity contribution is -0.00100. The highest BCUT2D eigenvalue weighted by atomic mass is 19.0. The van der Waals surface area contributed by atoms with Gasteiger partial charge in [-0.15, -0.1) is 0 Å². The second-order valence-corrected chi connectivity index (χ2v) is 8.61. The Morgan fingerprint density at radius 2 is 0.278 bits per heavy atom. The summed E-state index contributed by atoms with van der Waals surface area (Å²) in [6.07, 6.45) is 0. The fraction of sp³-hybridized carbons (Fsp3) is 0. The summed E-state index contributed by atoms with van der Waals surface area (Å²) in [6, 6.07) is 53.7. The predicted octanol–water partition coefficient (Wildman–Crippen LogP) is -4.95. The summed E-state index contributed by atoms with van der Waals surface area (Å²) in [4.78, 5) is 17.8. The average Bonchev–Trinajstić information content (AvgIpc) is 3.21. The highest BCUT2D eigenvalue weighted by Gasteiger charge is 1.99. The van der Waals surface area contributed by atoms with Crippen LogP contribution in [0.2, 0.25) is 0 Å². The van der Waals surface area contributed by atoms with Gasteiger partial charge >= 0.3 is 34.1 Å². The van der Waals surface area contributed by atoms with Crippen molar-refractivity contribution in [2.75, 3.05) is 0 Å². The number of diazo groups is 6. The molecular weight excluding hydrogens is 714 g/mol. The van der Waals surface area contributed by atoms with E-state index in [0.717, 1.165) is 0 Å². The third-order valence-corrected chi connectivity index (χ3v) is 5.23. The molecule has 0 aliphatic heterocycles. The van der Waals surface area contributed by atoms with Gasteiger partial charge in [0.05, 0.1) is 0 Å². The normalized spacial score (nSPS) is 7.00. The van der Waals surface area contributed by atoms with Crippen LogP contribution in [-0.2, 0) is 0 Å². The smallest absolute Gasteiger partial charge is 0.385 e. The molecule has 6 aromatic carbocycles. The first-order chi connectivity index (χ1) is 23.6. The Labute approximate surface area is 306 Å². The van der Waals surface area contributed by atoms with Gasteiger partial charge in [0.25, 0.3) is 0 Å². The Bertz CT molecular complexity index is 1600. The molecule has 0 radical (unpaired) electrons. The number of benzene rings is 6. The largest absolute Gasteiger partial charge is 1.00 e. The Kier molecular flexibility index (Phi) is 43.4. The van der Waals surface area contributed by atoms with Crippen molar-refractivity contribution in [3.05, 3.63) is 212 Å². The minimum Gasteiger partial charge on any atom is -1.00 e. The van der Waals surface area contributed by atoms with E-state index in [1.807, 2.05) is 109 Å². The first-order valence-corrected chi connectivity index (χ1v) is 14.0. The van der Waals surface area contributed by atoms with Crippen LogP contribution in [0.25, 0.3) is 29.9 Å². The molecule has 0 saturated heterocycles. The molecule has 6 rings (SSSR count). The van der Waals surface area contributed by atoms with Crippen molar-refractivity contribution >= 4 is 34.1 Å². The van der Waals surface area contributed by atoms with Crippen molar-refractivity contribution in [3.8, 4) is 0 Å². The second-order valence-electron chi connectivity index (χ2n) is 8.61. The van der Waals surface area contributed by atoms with E-state index in [9.17, 15) is 0 Å². The van der Waals surface area contributed by atoms with Crippen LogP contribution < -0.4 is 28.2 Å². The lowest BCUT2D eigenvalue weighted by Crippen LogP contribution is -3.00. The van der Waals surface area contributed by atoms with Gasteiger partial charge in [-0.2, -0.15) is 0 Å². The van der Waals surface area contributed by atoms with E-state index < -0.39 is 0 Å². The molecule has 0 aliphatic carbocycles. The third kappa shape index (κ3) is 29.6. The van der Waals surface area contributed by atoms with Crippen LogP contribution in [0.1, 0.15) is 0 Å². The highest BCUT2D eigenvalue weighted by Crippen LogP contribution is 2.10. The predicted molar refractivity (Wildman–Crippen MR) is 187 cm³/mol. The minimum absolute atomic E-state index is 0. The van der Waals surface area contributed by atoms with E-state index in [2.05, 4.69) is 29.9 Å². The first kappa shape index (κ1) is 57.7. The molecule has 12 nitrogen and oxygen atoms in total. The molecule has 0 spiro atoms. The molecule has 276 valence electrons. The summed E-state index contributed by atoms with van der Waals surface area (Å²) in [5, 5.41) is 49.0. The molecule has 0 heterocycles. The molecule has 0 bridgehead atoms. The lowest BCUT2D eigenvalue weighted by Gasteiger charge is -1.69. The average molecular weight is 745 g/mol. The van der Waals surface area contributed by atoms with Crippen LogP contribution in [0, 0.1) is 32.4 Å². The topological polar surface area (TPSA) is 169 Å². The van der Waals surface area contributed by atoms with E-state index in [4.69, 9.17) is 32.4 Å². The summed E-state index contributed by atoms with van der Waals surface area (Å²) >= 11 is 0. The van der Waals surface area contributed by atoms with Crippen molar-refractivity contribution in [1.82, 2.24) is 0 Å². The molecule has 6 aromatic rings. The Balaban J connectivity index is -0.000000125. The Morgan fingerprint density at radius 1 is 0.185 bits per heavy atom. The zero-order chi connectivity index (χ0) is 34.9. The van der Waals surface area contributed by atoms with E-state index >= 15 is 0 Å². The fourth-order valence-electron chi connectivity index (χ4n) is 2.97. The molecule has 0 unspecified atom stereocenters. The van der Waals surface area contributed by atoms with Gasteiger partial charge in [-0.1, -0.05) is 109 Å². The Hall–Kier alpha value is -8.58. The monoisotopic (exact) mass is 744 g/mol. The maximum Gasteiger partial charge on any atom is 0.385 e. The molecule has 0 amide bonds. The third-order valence-electron chi connectivity index (χ3n) is 5.23. The van der Waals surface area contributed by atoms with Crippen LogP contribution in [-0.4, -0.2) is 0 Å². The highest BCUT2D eigenvalue weighted by molar-refractivity contribution is 5.45. The molecule has 0 atom stereocenters. The SMILES string of the molecule is N#[N+]c1ccccc1.N#[N+]c1ccccc1.N#[N+]c1ccccc1.N#[N+]c1ccccc1.N#[N+]c1ccccc1.N#[N+]c1ccccc1.[F-].[F-].[F-].[F-].[F-].[F-]. The number of rotatable bonds is 0. The van der Waals surface area contributed by atoms with Crippen LogP contribution in [0.5, 0.6) is 0 Å². The van der Waals surface area contributed by atoms with Crippen LogP contribution >= 0.6 is 0 Å². The van der Waals surface area contributed by atoms with Crippen molar-refractivity contribution in [2.24, 2.45) is 0 Å². The summed E-state index contributed by atoms with van der Waals surface area (Å²) in [7, 11) is 0. The maximum atomic E-state index is 8.16. The van der Waals surface area contributed by atoms with Crippen molar-refractivity contribution < 1.29 is 28.2 Å². The van der Waals surface area contributed by atoms with Crippen molar-refractivity contribution in [2.45, 2.75) is 0 Å². The van der Waals surface area contributed by atoms with Gasteiger partial charge < -0.3 is 28.2 Å². The molecule has 0 fully saturated rings. The molecule has 0 saturated carbocycles. The van der Waals surface area contributed by atoms with Crippen LogP contribution in [0.15, 0.2) is 182 Å². The zero-order valence-corrected chi connectivity index (χ0v) is 28.0. The van der Waals surface area contributed by atoms with E-state index in [1.54, 1.807) is 72.8 Å². The minimum atomic E-state index is 0. The number of hydrogen-bond donors (Lipinski definition) is 0. The lowest BCUT2D eigenvalue weighted by atomic mass is 10.3. The number of halogens is 6. The van der Waals surface area contributed by atoms with Crippen molar-refractivity contribution in [1.29, 1.82) is 32.4 Å². The van der Waals surface area contributed by atoms with Crippen molar-refractivity contribution in [3.63, 3.8) is 0 Å². The summed E-state index contributed by atoms with van der Waals surface area (Å²) in [5.41, 5.74) is 3.54. The molecule has 0 N–H and O–H groups in total. The maximum absolute atomic E-state index is 8.16. The van der Waals surface area contributed by atoms with Crippen LogP contribution in [0.4, 0.5) is 34.1 Å². The van der Waals surface area contributed by atoms with E-state index in [0.29, 0.717) is 34.1 Å². The number of hydrogen-bond acceptors (Lipinski definition) is 6. The number of nitrogens with zero attached hydrogens (tertiary/aromatic N) is 12. The molecule has 54 heavy (non-hydrogen) atoms. The van der Waals surface area contributed by atoms with Gasteiger partial charge in [-0.3, -0.25) is 0 Å². The molecule has 0 aliphatic rings. The fourth-order valence-corrected chi connectivity index (χ4v) is 2.97. The van der Waals surface area contributed by atoms with Gasteiger partial charge in [0, 0.05) is 72.8 Å². The summed E-state index contributed by atoms with van der Waals surface area (Å²) in [5.74, 6) is 0. The molecule has 0 aromatic heterocycles. The van der Waals surface area contributed by atoms with E-state index in [1.165, 1.54) is 0 Å². The van der Waals surface area contributed by atoms with Gasteiger partial charge in [0.2, 0.25) is 32.4 Å².